The van der Waals surface area contributed by atoms with Gasteiger partial charge in [0.25, 0.3) is 0 Å². The normalized spacial score (nSPS) is 9.67. The number of aromatic amines is 1. The molecule has 0 atom stereocenters. The minimum absolute atomic E-state index is 0.598. The lowest BCUT2D eigenvalue weighted by molar-refractivity contribution is 0.927. The van der Waals surface area contributed by atoms with Gasteiger partial charge in [0.1, 0.15) is 0 Å². The summed E-state index contributed by atoms with van der Waals surface area (Å²) in [5.41, 5.74) is 0.881. The minimum Gasteiger partial charge on any atom is -0.263 e. The van der Waals surface area contributed by atoms with E-state index < -0.39 is 0 Å². The maximum atomic E-state index is 4.20. The van der Waals surface area contributed by atoms with Crippen LogP contribution in [0, 0.1) is 0 Å². The molecule has 4 nitrogen and oxygen atoms in total. The monoisotopic (exact) mass is 159 g/mol. The Bertz CT molecular complexity index is 327. The Balaban J connectivity index is 2.15. The molecule has 0 aliphatic carbocycles. The zero-order valence-electron chi connectivity index (χ0n) is 6.31. The summed E-state index contributed by atoms with van der Waals surface area (Å²) in [5, 5.41) is 14.1. The maximum absolute atomic E-state index is 4.20. The molecule has 59 valence electrons. The summed E-state index contributed by atoms with van der Waals surface area (Å²) < 4.78 is 0. The quantitative estimate of drug-likeness (QED) is 0.719. The Kier molecular flexibility index (Phi) is 1.74. The highest BCUT2D eigenvalue weighted by molar-refractivity contribution is 5.42. The number of para-hydroxylation sites is 1. The average molecular weight is 159 g/mol. The number of nitrogens with one attached hydrogen (secondary N) is 1. The largest absolute Gasteiger partial charge is 0.263 e. The predicted octanol–water partition coefficient (Wildman–Crippen LogP) is 1.37. The molecule has 1 N–H and O–H groups in total. The molecule has 0 saturated carbocycles. The van der Waals surface area contributed by atoms with Crippen LogP contribution < -0.4 is 5.32 Å². The van der Waals surface area contributed by atoms with Gasteiger partial charge in [-0.15, -0.1) is 5.10 Å². The number of benzene rings is 1. The second-order valence-electron chi connectivity index (χ2n) is 2.28. The number of H-pyrrole nitrogens is 1. The van der Waals surface area contributed by atoms with Crippen molar-refractivity contribution in [1.29, 1.82) is 0 Å². The smallest absolute Gasteiger partial charge is 0.194 e. The Labute approximate surface area is 69.6 Å². The summed E-state index contributed by atoms with van der Waals surface area (Å²) >= 11 is 0. The summed E-state index contributed by atoms with van der Waals surface area (Å²) in [6.45, 7) is 0. The Morgan fingerprint density at radius 3 is 2.67 bits per heavy atom. The van der Waals surface area contributed by atoms with Gasteiger partial charge in [0.2, 0.25) is 0 Å². The van der Waals surface area contributed by atoms with Gasteiger partial charge in [-0.3, -0.25) is 5.10 Å². The first-order valence-corrected chi connectivity index (χ1v) is 3.58. The molecule has 0 spiro atoms. The van der Waals surface area contributed by atoms with Crippen molar-refractivity contribution in [3.63, 3.8) is 0 Å². The molecule has 2 aromatic rings. The lowest BCUT2D eigenvalue weighted by Gasteiger charge is -1.95. The van der Waals surface area contributed by atoms with E-state index in [1.807, 2.05) is 30.3 Å². The van der Waals surface area contributed by atoms with Gasteiger partial charge in [-0.2, -0.15) is 0 Å². The molecule has 1 radical (unpaired) electrons. The molecule has 12 heavy (non-hydrogen) atoms. The highest BCUT2D eigenvalue weighted by atomic mass is 15.3. The van der Waals surface area contributed by atoms with Crippen LogP contribution in [0.5, 0.6) is 0 Å². The van der Waals surface area contributed by atoms with Crippen molar-refractivity contribution in [2.45, 2.75) is 0 Å². The number of rotatable bonds is 2. The van der Waals surface area contributed by atoms with E-state index >= 15 is 0 Å². The van der Waals surface area contributed by atoms with Crippen LogP contribution in [0.15, 0.2) is 36.5 Å². The van der Waals surface area contributed by atoms with Crippen molar-refractivity contribution in [1.82, 2.24) is 20.7 Å². The van der Waals surface area contributed by atoms with Gasteiger partial charge in [-0.25, -0.2) is 5.32 Å². The Hall–Kier alpha value is -1.84. The predicted molar refractivity (Wildman–Crippen MR) is 44.3 cm³/mol. The first-order chi connectivity index (χ1) is 5.95. The van der Waals surface area contributed by atoms with Gasteiger partial charge in [0.05, 0.1) is 11.9 Å². The summed E-state index contributed by atoms with van der Waals surface area (Å²) in [6, 6.07) is 9.63. The molecule has 0 unspecified atom stereocenters. The zero-order chi connectivity index (χ0) is 8.23. The van der Waals surface area contributed by atoms with Crippen LogP contribution in [0.4, 0.5) is 11.5 Å². The van der Waals surface area contributed by atoms with E-state index in [4.69, 9.17) is 0 Å². The third kappa shape index (κ3) is 1.42. The van der Waals surface area contributed by atoms with Gasteiger partial charge < -0.3 is 0 Å². The number of aromatic nitrogens is 3. The highest BCUT2D eigenvalue weighted by Gasteiger charge is 1.96. The van der Waals surface area contributed by atoms with Crippen LogP contribution in [0.25, 0.3) is 0 Å². The Morgan fingerprint density at radius 1 is 1.17 bits per heavy atom. The van der Waals surface area contributed by atoms with Gasteiger partial charge in [-0.05, 0) is 12.1 Å². The Morgan fingerprint density at radius 2 is 2.00 bits per heavy atom. The summed E-state index contributed by atoms with van der Waals surface area (Å²) in [6.07, 6.45) is 1.65. The van der Waals surface area contributed by atoms with Crippen LogP contribution in [-0.2, 0) is 0 Å². The van der Waals surface area contributed by atoms with E-state index in [2.05, 4.69) is 20.7 Å². The number of hydrogen-bond acceptors (Lipinski definition) is 2. The fourth-order valence-corrected chi connectivity index (χ4v) is 0.885. The molecule has 0 aliphatic heterocycles. The minimum atomic E-state index is 0.598. The lowest BCUT2D eigenvalue weighted by Crippen LogP contribution is -1.87. The standard InChI is InChI=1S/C8H7N4/c1-2-4-7(5-3-1)10-8-6-9-12-11-8/h1-6H,(H,9,11,12). The van der Waals surface area contributed by atoms with Crippen molar-refractivity contribution in [2.75, 3.05) is 0 Å². The molecule has 4 heteroatoms. The van der Waals surface area contributed by atoms with E-state index in [-0.39, 0.29) is 0 Å². The van der Waals surface area contributed by atoms with Crippen molar-refractivity contribution in [3.05, 3.63) is 36.5 Å². The summed E-state index contributed by atoms with van der Waals surface area (Å²) in [4.78, 5) is 0. The summed E-state index contributed by atoms with van der Waals surface area (Å²) in [5.74, 6) is 0.598. The van der Waals surface area contributed by atoms with Gasteiger partial charge in [-0.1, -0.05) is 23.4 Å². The molecule has 1 heterocycles. The van der Waals surface area contributed by atoms with Crippen molar-refractivity contribution in [2.24, 2.45) is 0 Å². The first kappa shape index (κ1) is 6.84. The molecule has 0 bridgehead atoms. The van der Waals surface area contributed by atoms with Crippen LogP contribution in [0.1, 0.15) is 0 Å². The fourth-order valence-electron chi connectivity index (χ4n) is 0.885. The molecular weight excluding hydrogens is 152 g/mol. The van der Waals surface area contributed by atoms with Gasteiger partial charge >= 0.3 is 0 Å². The van der Waals surface area contributed by atoms with Crippen molar-refractivity contribution < 1.29 is 0 Å². The van der Waals surface area contributed by atoms with Crippen molar-refractivity contribution >= 4 is 11.5 Å². The van der Waals surface area contributed by atoms with E-state index in [0.717, 1.165) is 5.69 Å². The molecule has 0 amide bonds. The lowest BCUT2D eigenvalue weighted by atomic mass is 10.3. The van der Waals surface area contributed by atoms with Crippen LogP contribution in [-0.4, -0.2) is 15.4 Å². The SMILES string of the molecule is c1ccc([N]c2c[nH]nn2)cc1. The average Bonchev–Trinajstić information content (AvgIpc) is 2.59. The van der Waals surface area contributed by atoms with Crippen LogP contribution in [0.2, 0.25) is 0 Å². The summed E-state index contributed by atoms with van der Waals surface area (Å²) in [7, 11) is 0. The molecule has 0 aliphatic rings. The van der Waals surface area contributed by atoms with E-state index in [0.29, 0.717) is 5.82 Å². The molecular formula is C8H7N4. The molecule has 1 aromatic carbocycles. The molecule has 0 saturated heterocycles. The van der Waals surface area contributed by atoms with E-state index in [1.54, 1.807) is 6.20 Å². The highest BCUT2D eigenvalue weighted by Crippen LogP contribution is 2.11. The van der Waals surface area contributed by atoms with Crippen molar-refractivity contribution in [3.8, 4) is 0 Å². The third-order valence-electron chi connectivity index (χ3n) is 1.40. The maximum Gasteiger partial charge on any atom is 0.194 e. The zero-order valence-corrected chi connectivity index (χ0v) is 6.31. The van der Waals surface area contributed by atoms with E-state index in [9.17, 15) is 0 Å². The van der Waals surface area contributed by atoms with Gasteiger partial charge in [0.15, 0.2) is 5.82 Å². The number of hydrogen-bond donors (Lipinski definition) is 1. The first-order valence-electron chi connectivity index (χ1n) is 3.58. The molecule has 2 rings (SSSR count). The molecule has 1 aromatic heterocycles. The second kappa shape index (κ2) is 3.04. The molecule has 0 fully saturated rings. The van der Waals surface area contributed by atoms with Crippen LogP contribution >= 0.6 is 0 Å². The topological polar surface area (TPSA) is 55.7 Å². The van der Waals surface area contributed by atoms with E-state index in [1.165, 1.54) is 0 Å². The van der Waals surface area contributed by atoms with Gasteiger partial charge in [0, 0.05) is 0 Å². The fraction of sp³-hybridized carbons (Fsp3) is 0. The second-order valence-corrected chi connectivity index (χ2v) is 2.28. The van der Waals surface area contributed by atoms with Crippen LogP contribution in [0.3, 0.4) is 0 Å². The third-order valence-corrected chi connectivity index (χ3v) is 1.40. The number of nitrogens with zero attached hydrogens (tertiary/aromatic N) is 3.